The zero-order chi connectivity index (χ0) is 14.6. The summed E-state index contributed by atoms with van der Waals surface area (Å²) in [7, 11) is -4.25. The van der Waals surface area contributed by atoms with Crippen LogP contribution in [0.5, 0.6) is 0 Å². The standard InChI is InChI=1S/C13H16NO3PS2/c1-19-11-6-4-10(5-7-11)13(18(15,16)17)14-9-12-3-2-8-20-12/h2-8,13-14H,9H2,1H3,(H2,15,16,17)/t13-/m0/s1. The van der Waals surface area contributed by atoms with Crippen LogP contribution in [0.2, 0.25) is 0 Å². The van der Waals surface area contributed by atoms with Crippen LogP contribution in [0.25, 0.3) is 0 Å². The highest BCUT2D eigenvalue weighted by atomic mass is 32.2. The third-order valence-corrected chi connectivity index (χ3v) is 5.59. The normalized spacial score (nSPS) is 13.3. The fourth-order valence-corrected chi connectivity index (χ4v) is 3.78. The van der Waals surface area contributed by atoms with Crippen LogP contribution >= 0.6 is 30.7 Å². The Hall–Kier alpha value is -0.620. The molecule has 0 aliphatic rings. The molecular formula is C13H16NO3PS2. The molecule has 0 saturated heterocycles. The first kappa shape index (κ1) is 15.8. The van der Waals surface area contributed by atoms with E-state index in [1.54, 1.807) is 35.2 Å². The van der Waals surface area contributed by atoms with Crippen molar-refractivity contribution in [3.63, 3.8) is 0 Å². The highest BCUT2D eigenvalue weighted by Crippen LogP contribution is 2.50. The summed E-state index contributed by atoms with van der Waals surface area (Å²) in [5, 5.41) is 4.90. The summed E-state index contributed by atoms with van der Waals surface area (Å²) >= 11 is 3.15. The third-order valence-electron chi connectivity index (χ3n) is 2.82. The quantitative estimate of drug-likeness (QED) is 0.559. The zero-order valence-corrected chi connectivity index (χ0v) is 13.4. The Morgan fingerprint density at radius 2 is 2.00 bits per heavy atom. The Morgan fingerprint density at radius 3 is 2.50 bits per heavy atom. The molecule has 1 atom stereocenters. The lowest BCUT2D eigenvalue weighted by molar-refractivity contribution is 0.347. The van der Waals surface area contributed by atoms with Gasteiger partial charge in [-0.1, -0.05) is 18.2 Å². The van der Waals surface area contributed by atoms with E-state index in [2.05, 4.69) is 5.32 Å². The van der Waals surface area contributed by atoms with E-state index in [9.17, 15) is 14.4 Å². The first-order chi connectivity index (χ1) is 9.50. The maximum absolute atomic E-state index is 11.7. The monoisotopic (exact) mass is 329 g/mol. The van der Waals surface area contributed by atoms with Gasteiger partial charge in [-0.2, -0.15) is 0 Å². The summed E-state index contributed by atoms with van der Waals surface area (Å²) in [6, 6.07) is 11.1. The molecule has 1 aromatic heterocycles. The number of thioether (sulfide) groups is 1. The SMILES string of the molecule is CSc1ccc([C@@H](NCc2cccs2)P(=O)(O)O)cc1. The van der Waals surface area contributed by atoms with Gasteiger partial charge in [0.25, 0.3) is 0 Å². The molecule has 0 amide bonds. The van der Waals surface area contributed by atoms with Gasteiger partial charge in [-0.05, 0) is 35.4 Å². The smallest absolute Gasteiger partial charge is 0.323 e. The van der Waals surface area contributed by atoms with E-state index in [1.165, 1.54) is 0 Å². The molecule has 0 saturated carbocycles. The summed E-state index contributed by atoms with van der Waals surface area (Å²) in [5.41, 5.74) is 0.604. The van der Waals surface area contributed by atoms with Gasteiger partial charge in [-0.25, -0.2) is 0 Å². The van der Waals surface area contributed by atoms with E-state index < -0.39 is 13.4 Å². The lowest BCUT2D eigenvalue weighted by Gasteiger charge is -2.20. The number of thiophene rings is 1. The molecule has 0 fully saturated rings. The first-order valence-corrected chi connectivity index (χ1v) is 9.74. The predicted molar refractivity (Wildman–Crippen MR) is 84.2 cm³/mol. The Kier molecular flexibility index (Phi) is 5.43. The topological polar surface area (TPSA) is 69.6 Å². The van der Waals surface area contributed by atoms with Crippen LogP contribution in [0.15, 0.2) is 46.7 Å². The van der Waals surface area contributed by atoms with Crippen LogP contribution in [0.1, 0.15) is 16.2 Å². The van der Waals surface area contributed by atoms with Gasteiger partial charge in [0.2, 0.25) is 0 Å². The summed E-state index contributed by atoms with van der Waals surface area (Å²) in [6.07, 6.45) is 1.96. The largest absolute Gasteiger partial charge is 0.346 e. The maximum atomic E-state index is 11.7. The first-order valence-electron chi connectivity index (χ1n) is 5.95. The molecule has 0 unspecified atom stereocenters. The molecule has 108 valence electrons. The Labute approximate surface area is 126 Å². The summed E-state index contributed by atoms with van der Waals surface area (Å²) in [4.78, 5) is 21.2. The summed E-state index contributed by atoms with van der Waals surface area (Å²) in [6.45, 7) is 0.442. The minimum absolute atomic E-state index is 0.442. The van der Waals surface area contributed by atoms with Crippen molar-refractivity contribution in [1.82, 2.24) is 5.32 Å². The van der Waals surface area contributed by atoms with Crippen LogP contribution in [0.3, 0.4) is 0 Å². The van der Waals surface area contributed by atoms with Gasteiger partial charge < -0.3 is 9.79 Å². The lowest BCUT2D eigenvalue weighted by Crippen LogP contribution is -2.20. The molecule has 1 aromatic carbocycles. The second-order valence-electron chi connectivity index (χ2n) is 4.23. The van der Waals surface area contributed by atoms with E-state index in [4.69, 9.17) is 0 Å². The van der Waals surface area contributed by atoms with Crippen LogP contribution in [0.4, 0.5) is 0 Å². The van der Waals surface area contributed by atoms with Gasteiger partial charge in [0.15, 0.2) is 0 Å². The fourth-order valence-electron chi connectivity index (χ4n) is 1.83. The van der Waals surface area contributed by atoms with Crippen molar-refractivity contribution < 1.29 is 14.4 Å². The van der Waals surface area contributed by atoms with Crippen molar-refractivity contribution in [2.75, 3.05) is 6.26 Å². The number of hydrogen-bond donors (Lipinski definition) is 3. The van der Waals surface area contributed by atoms with Crippen molar-refractivity contribution in [2.45, 2.75) is 17.2 Å². The van der Waals surface area contributed by atoms with Gasteiger partial charge in [0.1, 0.15) is 5.78 Å². The van der Waals surface area contributed by atoms with Gasteiger partial charge in [-0.15, -0.1) is 23.1 Å². The average Bonchev–Trinajstić information content (AvgIpc) is 2.91. The Morgan fingerprint density at radius 1 is 1.30 bits per heavy atom. The molecule has 0 aliphatic carbocycles. The lowest BCUT2D eigenvalue weighted by atomic mass is 10.2. The minimum atomic E-state index is -4.25. The van der Waals surface area contributed by atoms with Crippen molar-refractivity contribution in [3.8, 4) is 0 Å². The van der Waals surface area contributed by atoms with Crippen LogP contribution in [-0.4, -0.2) is 16.0 Å². The van der Waals surface area contributed by atoms with Gasteiger partial charge in [-0.3, -0.25) is 9.88 Å². The summed E-state index contributed by atoms with van der Waals surface area (Å²) in [5.74, 6) is -0.972. The highest BCUT2D eigenvalue weighted by Gasteiger charge is 2.29. The molecule has 4 nitrogen and oxygen atoms in total. The second-order valence-corrected chi connectivity index (χ2v) is 7.83. The summed E-state index contributed by atoms with van der Waals surface area (Å²) < 4.78 is 11.7. The highest BCUT2D eigenvalue weighted by molar-refractivity contribution is 7.98. The molecule has 3 N–H and O–H groups in total. The minimum Gasteiger partial charge on any atom is -0.323 e. The zero-order valence-electron chi connectivity index (χ0n) is 10.9. The van der Waals surface area contributed by atoms with Crippen LogP contribution in [0, 0.1) is 0 Å². The van der Waals surface area contributed by atoms with E-state index >= 15 is 0 Å². The molecule has 7 heteroatoms. The molecular weight excluding hydrogens is 313 g/mol. The van der Waals surface area contributed by atoms with E-state index in [0.29, 0.717) is 12.1 Å². The fraction of sp³-hybridized carbons (Fsp3) is 0.231. The van der Waals surface area contributed by atoms with Gasteiger partial charge >= 0.3 is 7.60 Å². The molecule has 0 radical (unpaired) electrons. The molecule has 2 rings (SSSR count). The number of benzene rings is 1. The van der Waals surface area contributed by atoms with E-state index in [1.807, 2.05) is 35.9 Å². The Bertz CT molecular complexity index is 580. The maximum Gasteiger partial charge on any atom is 0.346 e. The molecule has 0 aliphatic heterocycles. The van der Waals surface area contributed by atoms with Gasteiger partial charge in [0.05, 0.1) is 0 Å². The molecule has 2 aromatic rings. The molecule has 1 heterocycles. The van der Waals surface area contributed by atoms with Crippen molar-refractivity contribution >= 4 is 30.7 Å². The number of rotatable bonds is 6. The predicted octanol–water partition coefficient (Wildman–Crippen LogP) is 3.44. The average molecular weight is 329 g/mol. The second kappa shape index (κ2) is 6.89. The van der Waals surface area contributed by atoms with Crippen molar-refractivity contribution in [3.05, 3.63) is 52.2 Å². The Balaban J connectivity index is 2.16. The molecule has 0 bridgehead atoms. The third kappa shape index (κ3) is 4.19. The van der Waals surface area contributed by atoms with Crippen molar-refractivity contribution in [1.29, 1.82) is 0 Å². The van der Waals surface area contributed by atoms with Crippen molar-refractivity contribution in [2.24, 2.45) is 0 Å². The van der Waals surface area contributed by atoms with Crippen LogP contribution < -0.4 is 5.32 Å². The van der Waals surface area contributed by atoms with Crippen LogP contribution in [-0.2, 0) is 11.1 Å². The number of nitrogens with one attached hydrogen (secondary N) is 1. The molecule has 20 heavy (non-hydrogen) atoms. The molecule has 0 spiro atoms. The number of hydrogen-bond acceptors (Lipinski definition) is 4. The van der Waals surface area contributed by atoms with E-state index in [0.717, 1.165) is 9.77 Å². The van der Waals surface area contributed by atoms with E-state index in [-0.39, 0.29) is 0 Å². The van der Waals surface area contributed by atoms with Gasteiger partial charge in [0, 0.05) is 16.3 Å².